The lowest BCUT2D eigenvalue weighted by atomic mass is 9.85. The molecule has 0 spiro atoms. The number of benzene rings is 1. The zero-order valence-electron chi connectivity index (χ0n) is 22.2. The van der Waals surface area contributed by atoms with Gasteiger partial charge in [0.25, 0.3) is 0 Å². The molecule has 2 fully saturated rings. The minimum absolute atomic E-state index is 0.0506. The molecular formula is C27H31F2N5O4S. The average Bonchev–Trinajstić information content (AvgIpc) is 3.41. The molecule has 3 amide bonds. The average molecular weight is 560 g/mol. The third kappa shape index (κ3) is 5.79. The zero-order valence-corrected chi connectivity index (χ0v) is 23.0. The standard InChI is InChI=1S/C27H31F2N5O4S/c1-14-21(39-13-32-14)17-9-18(28)15(7-19(17)29)10-31-23(36)20-8-16(35)11-34(20)24(37)22(26(2,3)4)33-25(38)27(12-30)5-6-27/h7,9,13,16,20,22,35H,5-6,8,10-11H2,1-4H3,(H,31,36)(H,33,38)/t16-,20+,22-/m1/s1. The van der Waals surface area contributed by atoms with Crippen LogP contribution in [0.3, 0.4) is 0 Å². The number of nitrogens with one attached hydrogen (secondary N) is 2. The molecule has 39 heavy (non-hydrogen) atoms. The van der Waals surface area contributed by atoms with Crippen molar-refractivity contribution in [1.29, 1.82) is 5.26 Å². The highest BCUT2D eigenvalue weighted by Crippen LogP contribution is 2.45. The number of carbonyl (C=O) groups excluding carboxylic acids is 3. The highest BCUT2D eigenvalue weighted by Gasteiger charge is 2.53. The van der Waals surface area contributed by atoms with Crippen LogP contribution in [0.2, 0.25) is 0 Å². The van der Waals surface area contributed by atoms with Crippen LogP contribution in [-0.4, -0.2) is 57.4 Å². The number of nitriles is 1. The van der Waals surface area contributed by atoms with Gasteiger partial charge in [0, 0.05) is 30.6 Å². The van der Waals surface area contributed by atoms with Gasteiger partial charge in [0.05, 0.1) is 28.3 Å². The maximum absolute atomic E-state index is 14.8. The molecule has 2 aliphatic rings. The Kier molecular flexibility index (Phi) is 7.78. The molecule has 0 bridgehead atoms. The van der Waals surface area contributed by atoms with E-state index in [9.17, 15) is 33.5 Å². The van der Waals surface area contributed by atoms with Crippen LogP contribution in [0.1, 0.15) is 51.3 Å². The highest BCUT2D eigenvalue weighted by molar-refractivity contribution is 7.13. The van der Waals surface area contributed by atoms with E-state index in [1.807, 2.05) is 6.07 Å². The van der Waals surface area contributed by atoms with Crippen molar-refractivity contribution in [3.8, 4) is 16.5 Å². The second kappa shape index (κ2) is 10.6. The van der Waals surface area contributed by atoms with Crippen molar-refractivity contribution in [1.82, 2.24) is 20.5 Å². The molecule has 2 aromatic rings. The summed E-state index contributed by atoms with van der Waals surface area (Å²) in [5, 5.41) is 24.9. The van der Waals surface area contributed by atoms with Crippen LogP contribution in [0.25, 0.3) is 10.4 Å². The number of nitrogens with zero attached hydrogens (tertiary/aromatic N) is 3. The molecule has 2 heterocycles. The van der Waals surface area contributed by atoms with Crippen molar-refractivity contribution in [2.45, 2.75) is 71.7 Å². The fourth-order valence-electron chi connectivity index (χ4n) is 4.66. The van der Waals surface area contributed by atoms with E-state index in [1.54, 1.807) is 33.2 Å². The second-order valence-corrected chi connectivity index (χ2v) is 12.1. The predicted molar refractivity (Wildman–Crippen MR) is 139 cm³/mol. The Morgan fingerprint density at radius 3 is 2.54 bits per heavy atom. The number of aryl methyl sites for hydroxylation is 1. The van der Waals surface area contributed by atoms with Crippen LogP contribution in [0.4, 0.5) is 8.78 Å². The number of β-amino-alcohol motifs (C(OH)–C–C–N with tert-alkyl or cyclic N) is 1. The first-order valence-electron chi connectivity index (χ1n) is 12.6. The molecule has 1 aliphatic heterocycles. The number of halogens is 2. The van der Waals surface area contributed by atoms with Gasteiger partial charge < -0.3 is 20.6 Å². The third-order valence-corrected chi connectivity index (χ3v) is 8.19. The van der Waals surface area contributed by atoms with E-state index in [1.165, 1.54) is 16.2 Å². The number of hydrogen-bond acceptors (Lipinski definition) is 7. The molecule has 1 saturated carbocycles. The number of amides is 3. The van der Waals surface area contributed by atoms with E-state index in [-0.39, 0.29) is 30.6 Å². The lowest BCUT2D eigenvalue weighted by Gasteiger charge is -2.35. The topological polar surface area (TPSA) is 135 Å². The fraction of sp³-hybridized carbons (Fsp3) is 0.519. The van der Waals surface area contributed by atoms with Crippen molar-refractivity contribution in [2.75, 3.05) is 6.54 Å². The van der Waals surface area contributed by atoms with E-state index in [2.05, 4.69) is 15.6 Å². The summed E-state index contributed by atoms with van der Waals surface area (Å²) >= 11 is 1.19. The van der Waals surface area contributed by atoms with Gasteiger partial charge >= 0.3 is 0 Å². The van der Waals surface area contributed by atoms with E-state index in [0.717, 1.165) is 12.1 Å². The van der Waals surface area contributed by atoms with Gasteiger partial charge in [0.2, 0.25) is 17.7 Å². The van der Waals surface area contributed by atoms with Crippen molar-refractivity contribution in [2.24, 2.45) is 10.8 Å². The molecule has 208 valence electrons. The monoisotopic (exact) mass is 559 g/mol. The number of rotatable bonds is 7. The minimum Gasteiger partial charge on any atom is -0.391 e. The van der Waals surface area contributed by atoms with E-state index < -0.39 is 58.4 Å². The first-order chi connectivity index (χ1) is 18.3. The van der Waals surface area contributed by atoms with Crippen LogP contribution in [0.15, 0.2) is 17.6 Å². The maximum Gasteiger partial charge on any atom is 0.246 e. The number of aromatic nitrogens is 1. The molecule has 0 unspecified atom stereocenters. The van der Waals surface area contributed by atoms with Gasteiger partial charge in [-0.3, -0.25) is 14.4 Å². The molecular weight excluding hydrogens is 528 g/mol. The Hall–Kier alpha value is -3.43. The number of thiazole rings is 1. The number of likely N-dealkylation sites (tertiary alicyclic amines) is 1. The van der Waals surface area contributed by atoms with Crippen LogP contribution in [0, 0.1) is 40.7 Å². The van der Waals surface area contributed by atoms with Crippen LogP contribution in [-0.2, 0) is 20.9 Å². The smallest absolute Gasteiger partial charge is 0.246 e. The van der Waals surface area contributed by atoms with Gasteiger partial charge in [-0.25, -0.2) is 13.8 Å². The van der Waals surface area contributed by atoms with Crippen LogP contribution < -0.4 is 10.6 Å². The molecule has 1 aromatic heterocycles. The summed E-state index contributed by atoms with van der Waals surface area (Å²) in [6, 6.07) is 1.96. The van der Waals surface area contributed by atoms with Crippen molar-refractivity contribution < 1.29 is 28.3 Å². The van der Waals surface area contributed by atoms with Crippen LogP contribution >= 0.6 is 11.3 Å². The molecule has 1 aromatic carbocycles. The molecule has 1 saturated heterocycles. The molecule has 12 heteroatoms. The van der Waals surface area contributed by atoms with Gasteiger partial charge in [-0.2, -0.15) is 5.26 Å². The quantitative estimate of drug-likeness (QED) is 0.478. The summed E-state index contributed by atoms with van der Waals surface area (Å²) in [7, 11) is 0. The summed E-state index contributed by atoms with van der Waals surface area (Å²) in [5.41, 5.74) is 0.230. The second-order valence-electron chi connectivity index (χ2n) is 11.3. The fourth-order valence-corrected chi connectivity index (χ4v) is 5.49. The first-order valence-corrected chi connectivity index (χ1v) is 13.5. The summed E-state index contributed by atoms with van der Waals surface area (Å²) < 4.78 is 29.6. The lowest BCUT2D eigenvalue weighted by molar-refractivity contribution is -0.144. The largest absolute Gasteiger partial charge is 0.391 e. The first kappa shape index (κ1) is 28.6. The van der Waals surface area contributed by atoms with E-state index in [0.29, 0.717) is 23.4 Å². The number of aliphatic hydroxyl groups excluding tert-OH is 1. The Morgan fingerprint density at radius 2 is 1.97 bits per heavy atom. The molecule has 4 rings (SSSR count). The molecule has 0 radical (unpaired) electrons. The Bertz CT molecular complexity index is 1340. The Labute approximate surface area is 229 Å². The van der Waals surface area contributed by atoms with E-state index in [4.69, 9.17) is 0 Å². The van der Waals surface area contributed by atoms with Gasteiger partial charge in [-0.1, -0.05) is 20.8 Å². The Balaban J connectivity index is 1.48. The highest BCUT2D eigenvalue weighted by atomic mass is 32.1. The normalized spacial score (nSPS) is 20.7. The summed E-state index contributed by atoms with van der Waals surface area (Å²) in [6.07, 6.45) is -0.206. The van der Waals surface area contributed by atoms with E-state index >= 15 is 0 Å². The molecule has 3 atom stereocenters. The lowest BCUT2D eigenvalue weighted by Crippen LogP contribution is -2.58. The zero-order chi connectivity index (χ0) is 28.7. The van der Waals surface area contributed by atoms with Crippen molar-refractivity contribution >= 4 is 29.1 Å². The maximum atomic E-state index is 14.8. The summed E-state index contributed by atoms with van der Waals surface area (Å²) in [6.45, 7) is 6.48. The van der Waals surface area contributed by atoms with Gasteiger partial charge in [0.1, 0.15) is 29.1 Å². The minimum atomic E-state index is -1.14. The summed E-state index contributed by atoms with van der Waals surface area (Å²) in [4.78, 5) is 45.2. The number of carbonyl (C=O) groups is 3. The molecule has 3 N–H and O–H groups in total. The number of aliphatic hydroxyl groups is 1. The molecule has 9 nitrogen and oxygen atoms in total. The predicted octanol–water partition coefficient (Wildman–Crippen LogP) is 2.81. The number of hydrogen-bond donors (Lipinski definition) is 3. The third-order valence-electron chi connectivity index (χ3n) is 7.23. The molecule has 1 aliphatic carbocycles. The van der Waals surface area contributed by atoms with Crippen molar-refractivity contribution in [3.05, 3.63) is 40.5 Å². The Morgan fingerprint density at radius 1 is 1.28 bits per heavy atom. The van der Waals surface area contributed by atoms with Gasteiger partial charge in [-0.05, 0) is 37.3 Å². The van der Waals surface area contributed by atoms with Crippen LogP contribution in [0.5, 0.6) is 0 Å². The van der Waals surface area contributed by atoms with Gasteiger partial charge in [-0.15, -0.1) is 11.3 Å². The van der Waals surface area contributed by atoms with Crippen molar-refractivity contribution in [3.63, 3.8) is 0 Å². The SMILES string of the molecule is Cc1ncsc1-c1cc(F)c(CNC(=O)[C@@H]2C[C@@H](O)CN2C(=O)[C@@H](NC(=O)C2(C#N)CC2)C(C)(C)C)cc1F. The van der Waals surface area contributed by atoms with Gasteiger partial charge in [0.15, 0.2) is 0 Å². The summed E-state index contributed by atoms with van der Waals surface area (Å²) in [5.74, 6) is -3.11.